The van der Waals surface area contributed by atoms with Gasteiger partial charge < -0.3 is 0 Å². The van der Waals surface area contributed by atoms with Crippen LogP contribution in [0.5, 0.6) is 0 Å². The van der Waals surface area contributed by atoms with Gasteiger partial charge in [-0.05, 0) is 24.1 Å². The third-order valence-corrected chi connectivity index (χ3v) is 3.28. The van der Waals surface area contributed by atoms with Crippen molar-refractivity contribution in [2.45, 2.75) is 12.2 Å². The van der Waals surface area contributed by atoms with Crippen LogP contribution in [-0.4, -0.2) is 18.2 Å². The molecule has 1 rings (SSSR count). The maximum absolute atomic E-state index is 10.9. The van der Waals surface area contributed by atoms with E-state index >= 15 is 0 Å². The molecule has 1 atom stereocenters. The van der Waals surface area contributed by atoms with Crippen LogP contribution in [-0.2, 0) is 14.9 Å². The van der Waals surface area contributed by atoms with Crippen LogP contribution in [0.4, 0.5) is 0 Å². The summed E-state index contributed by atoms with van der Waals surface area (Å²) in [4.78, 5) is 10.9. The molecule has 0 saturated heterocycles. The molecule has 0 amide bonds. The lowest BCUT2D eigenvalue weighted by molar-refractivity contribution is -0.111. The SMILES string of the molecule is Cc1cccc(C(C(=O)Cl)S(=O)(=O)O)c1. The average Bonchev–Trinajstić information content (AvgIpc) is 1.99. The minimum absolute atomic E-state index is 0.164. The predicted molar refractivity (Wildman–Crippen MR) is 56.3 cm³/mol. The molecule has 1 aromatic carbocycles. The zero-order chi connectivity index (χ0) is 11.6. The summed E-state index contributed by atoms with van der Waals surface area (Å²) in [6.45, 7) is 1.74. The second-order valence-corrected chi connectivity index (χ2v) is 4.99. The Hall–Kier alpha value is -0.910. The fourth-order valence-electron chi connectivity index (χ4n) is 1.25. The van der Waals surface area contributed by atoms with Crippen molar-refractivity contribution in [1.82, 2.24) is 0 Å². The number of aryl methyl sites for hydroxylation is 1. The molecule has 0 fully saturated rings. The molecule has 4 nitrogen and oxygen atoms in total. The fraction of sp³-hybridized carbons (Fsp3) is 0.222. The van der Waals surface area contributed by atoms with E-state index in [0.717, 1.165) is 5.56 Å². The highest BCUT2D eigenvalue weighted by molar-refractivity contribution is 7.87. The first-order chi connectivity index (χ1) is 6.82. The Kier molecular flexibility index (Phi) is 3.49. The van der Waals surface area contributed by atoms with Gasteiger partial charge in [0.2, 0.25) is 5.24 Å². The molecular formula is C9H9ClO4S. The van der Waals surface area contributed by atoms with Crippen LogP contribution in [0.3, 0.4) is 0 Å². The van der Waals surface area contributed by atoms with E-state index in [1.54, 1.807) is 19.1 Å². The number of hydrogen-bond donors (Lipinski definition) is 1. The molecule has 15 heavy (non-hydrogen) atoms. The molecule has 0 spiro atoms. The van der Waals surface area contributed by atoms with E-state index in [1.165, 1.54) is 12.1 Å². The molecule has 0 bridgehead atoms. The van der Waals surface area contributed by atoms with E-state index in [2.05, 4.69) is 0 Å². The van der Waals surface area contributed by atoms with E-state index in [9.17, 15) is 13.2 Å². The largest absolute Gasteiger partial charge is 0.285 e. The summed E-state index contributed by atoms with van der Waals surface area (Å²) < 4.78 is 30.7. The molecular weight excluding hydrogens is 240 g/mol. The van der Waals surface area contributed by atoms with Gasteiger partial charge >= 0.3 is 0 Å². The Bertz CT molecular complexity index is 481. The maximum atomic E-state index is 10.9. The molecule has 0 saturated carbocycles. The van der Waals surface area contributed by atoms with Gasteiger partial charge in [0, 0.05) is 0 Å². The summed E-state index contributed by atoms with van der Waals surface area (Å²) in [6, 6.07) is 6.23. The van der Waals surface area contributed by atoms with Gasteiger partial charge in [0.25, 0.3) is 10.1 Å². The number of halogens is 1. The zero-order valence-corrected chi connectivity index (χ0v) is 9.42. The molecule has 6 heteroatoms. The van der Waals surface area contributed by atoms with Gasteiger partial charge in [-0.3, -0.25) is 9.35 Å². The third-order valence-electron chi connectivity index (χ3n) is 1.85. The Morgan fingerprint density at radius 3 is 2.47 bits per heavy atom. The second kappa shape index (κ2) is 4.30. The fourth-order valence-corrected chi connectivity index (χ4v) is 2.44. The Morgan fingerprint density at radius 2 is 2.07 bits per heavy atom. The first-order valence-electron chi connectivity index (χ1n) is 4.04. The Balaban J connectivity index is 3.29. The molecule has 1 N–H and O–H groups in total. The van der Waals surface area contributed by atoms with Gasteiger partial charge in [0.15, 0.2) is 5.25 Å². The summed E-state index contributed by atoms with van der Waals surface area (Å²) in [5.74, 6) is 0. The third kappa shape index (κ3) is 3.02. The van der Waals surface area contributed by atoms with Gasteiger partial charge in [0.1, 0.15) is 0 Å². The lowest BCUT2D eigenvalue weighted by Crippen LogP contribution is -2.18. The molecule has 1 aromatic rings. The number of carbonyl (C=O) groups excluding carboxylic acids is 1. The number of rotatable bonds is 3. The lowest BCUT2D eigenvalue weighted by atomic mass is 10.1. The highest BCUT2D eigenvalue weighted by Gasteiger charge is 2.31. The van der Waals surface area contributed by atoms with Crippen LogP contribution in [0.25, 0.3) is 0 Å². The van der Waals surface area contributed by atoms with Gasteiger partial charge in [0.05, 0.1) is 0 Å². The summed E-state index contributed by atoms with van der Waals surface area (Å²) in [5, 5.41) is -2.83. The molecule has 0 aliphatic rings. The number of carbonyl (C=O) groups is 1. The Labute approximate surface area is 92.6 Å². The van der Waals surface area contributed by atoms with Gasteiger partial charge in [-0.15, -0.1) is 0 Å². The van der Waals surface area contributed by atoms with E-state index in [1.807, 2.05) is 0 Å². The standard InChI is InChI=1S/C9H9ClO4S/c1-6-3-2-4-7(5-6)8(9(10)11)15(12,13)14/h2-5,8H,1H3,(H,12,13,14). The van der Waals surface area contributed by atoms with Crippen molar-refractivity contribution in [1.29, 1.82) is 0 Å². The number of hydrogen-bond acceptors (Lipinski definition) is 3. The van der Waals surface area contributed by atoms with Gasteiger partial charge in [-0.2, -0.15) is 8.42 Å². The minimum atomic E-state index is -4.52. The second-order valence-electron chi connectivity index (χ2n) is 3.11. The van der Waals surface area contributed by atoms with E-state index in [0.29, 0.717) is 0 Å². The summed E-state index contributed by atoms with van der Waals surface area (Å²) in [5.41, 5.74) is 0.941. The Morgan fingerprint density at radius 1 is 1.47 bits per heavy atom. The number of benzene rings is 1. The van der Waals surface area contributed by atoms with Crippen molar-refractivity contribution in [2.75, 3.05) is 0 Å². The molecule has 0 radical (unpaired) electrons. The van der Waals surface area contributed by atoms with E-state index in [-0.39, 0.29) is 5.56 Å². The van der Waals surface area contributed by atoms with Gasteiger partial charge in [-0.25, -0.2) is 0 Å². The van der Waals surface area contributed by atoms with E-state index < -0.39 is 20.6 Å². The van der Waals surface area contributed by atoms with Crippen LogP contribution < -0.4 is 0 Å². The van der Waals surface area contributed by atoms with Crippen LogP contribution in [0.1, 0.15) is 16.4 Å². The summed E-state index contributed by atoms with van der Waals surface area (Å²) in [6.07, 6.45) is 0. The molecule has 0 aromatic heterocycles. The average molecular weight is 249 g/mol. The molecule has 0 aliphatic carbocycles. The normalized spacial score (nSPS) is 13.5. The van der Waals surface area contributed by atoms with Crippen LogP contribution in [0.2, 0.25) is 0 Å². The van der Waals surface area contributed by atoms with Crippen molar-refractivity contribution >= 4 is 27.0 Å². The quantitative estimate of drug-likeness (QED) is 0.653. The summed E-state index contributed by atoms with van der Waals surface area (Å²) >= 11 is 5.14. The molecule has 0 heterocycles. The maximum Gasteiger partial charge on any atom is 0.280 e. The first kappa shape index (κ1) is 12.2. The van der Waals surface area contributed by atoms with Crippen LogP contribution in [0.15, 0.2) is 24.3 Å². The van der Waals surface area contributed by atoms with Crippen LogP contribution in [0, 0.1) is 6.92 Å². The zero-order valence-electron chi connectivity index (χ0n) is 7.84. The van der Waals surface area contributed by atoms with Gasteiger partial charge in [-0.1, -0.05) is 29.8 Å². The lowest BCUT2D eigenvalue weighted by Gasteiger charge is -2.09. The van der Waals surface area contributed by atoms with Crippen molar-refractivity contribution in [3.8, 4) is 0 Å². The van der Waals surface area contributed by atoms with Crippen molar-refractivity contribution < 1.29 is 17.8 Å². The first-order valence-corrected chi connectivity index (χ1v) is 5.92. The highest BCUT2D eigenvalue weighted by Crippen LogP contribution is 2.24. The van der Waals surface area contributed by atoms with Crippen LogP contribution >= 0.6 is 11.6 Å². The van der Waals surface area contributed by atoms with Crippen molar-refractivity contribution in [3.63, 3.8) is 0 Å². The predicted octanol–water partition coefficient (Wildman–Crippen LogP) is 1.69. The minimum Gasteiger partial charge on any atom is -0.285 e. The van der Waals surface area contributed by atoms with Crippen molar-refractivity contribution in [3.05, 3.63) is 35.4 Å². The van der Waals surface area contributed by atoms with Crippen molar-refractivity contribution in [2.24, 2.45) is 0 Å². The molecule has 82 valence electrons. The summed E-state index contributed by atoms with van der Waals surface area (Å²) in [7, 11) is -4.52. The highest BCUT2D eigenvalue weighted by atomic mass is 35.5. The smallest absolute Gasteiger partial charge is 0.280 e. The molecule has 1 unspecified atom stereocenters. The van der Waals surface area contributed by atoms with E-state index in [4.69, 9.17) is 16.2 Å². The monoisotopic (exact) mass is 248 g/mol. The molecule has 0 aliphatic heterocycles. The topological polar surface area (TPSA) is 71.4 Å².